The van der Waals surface area contributed by atoms with Gasteiger partial charge in [-0.15, -0.1) is 0 Å². The predicted molar refractivity (Wildman–Crippen MR) is 45.9 cm³/mol. The quantitative estimate of drug-likeness (QED) is 0.665. The van der Waals surface area contributed by atoms with Gasteiger partial charge in [-0.2, -0.15) is 0 Å². The number of furan rings is 1. The number of hydrogen-bond donors (Lipinski definition) is 0. The van der Waals surface area contributed by atoms with Gasteiger partial charge in [-0.3, -0.25) is 4.39 Å². The van der Waals surface area contributed by atoms with Crippen LogP contribution in [0.2, 0.25) is 0 Å². The summed E-state index contributed by atoms with van der Waals surface area (Å²) in [6, 6.07) is 7.67. The second-order valence-electron chi connectivity index (χ2n) is 2.70. The third-order valence-corrected chi connectivity index (χ3v) is 1.92. The van der Waals surface area contributed by atoms with E-state index in [1.54, 1.807) is 6.26 Å². The van der Waals surface area contributed by atoms with Crippen LogP contribution in [0.25, 0.3) is 11.0 Å². The zero-order chi connectivity index (χ0) is 8.39. The molecule has 0 spiro atoms. The van der Waals surface area contributed by atoms with Crippen LogP contribution in [0.3, 0.4) is 0 Å². The molecular weight excluding hydrogens is 155 g/mol. The van der Waals surface area contributed by atoms with Crippen molar-refractivity contribution in [1.82, 2.24) is 0 Å². The minimum Gasteiger partial charge on any atom is -0.464 e. The summed E-state index contributed by atoms with van der Waals surface area (Å²) in [4.78, 5) is 0. The molecule has 0 aliphatic rings. The second kappa shape index (κ2) is 2.97. The third kappa shape index (κ3) is 1.09. The largest absolute Gasteiger partial charge is 0.464 e. The van der Waals surface area contributed by atoms with Crippen LogP contribution in [0.15, 0.2) is 34.9 Å². The molecule has 1 aromatic heterocycles. The van der Waals surface area contributed by atoms with Crippen molar-refractivity contribution in [1.29, 1.82) is 0 Å². The van der Waals surface area contributed by atoms with Gasteiger partial charge in [0.1, 0.15) is 5.58 Å². The van der Waals surface area contributed by atoms with Crippen molar-refractivity contribution < 1.29 is 8.81 Å². The van der Waals surface area contributed by atoms with Crippen LogP contribution in [0.1, 0.15) is 5.56 Å². The molecule has 2 aromatic rings. The van der Waals surface area contributed by atoms with E-state index in [0.717, 1.165) is 16.5 Å². The molecular formula is C10H9FO. The lowest BCUT2D eigenvalue weighted by Crippen LogP contribution is -1.82. The van der Waals surface area contributed by atoms with Gasteiger partial charge in [-0.05, 0) is 6.07 Å². The van der Waals surface area contributed by atoms with Crippen molar-refractivity contribution in [3.8, 4) is 0 Å². The van der Waals surface area contributed by atoms with Gasteiger partial charge in [-0.25, -0.2) is 0 Å². The molecule has 0 bridgehead atoms. The highest BCUT2D eigenvalue weighted by Gasteiger charge is 2.03. The van der Waals surface area contributed by atoms with Crippen molar-refractivity contribution in [2.24, 2.45) is 0 Å². The maximum Gasteiger partial charge on any atom is 0.134 e. The molecule has 1 aromatic carbocycles. The van der Waals surface area contributed by atoms with E-state index >= 15 is 0 Å². The molecule has 1 nitrogen and oxygen atoms in total. The topological polar surface area (TPSA) is 13.1 Å². The molecule has 0 saturated heterocycles. The van der Waals surface area contributed by atoms with E-state index in [-0.39, 0.29) is 6.67 Å². The van der Waals surface area contributed by atoms with Gasteiger partial charge in [0, 0.05) is 17.4 Å². The lowest BCUT2D eigenvalue weighted by atomic mass is 10.1. The Hall–Kier alpha value is -1.31. The molecule has 0 fully saturated rings. The number of fused-ring (bicyclic) bond motifs is 1. The summed E-state index contributed by atoms with van der Waals surface area (Å²) in [6.45, 7) is -0.330. The van der Waals surface area contributed by atoms with E-state index in [9.17, 15) is 4.39 Å². The van der Waals surface area contributed by atoms with Gasteiger partial charge in [0.05, 0.1) is 12.9 Å². The highest BCUT2D eigenvalue weighted by Crippen LogP contribution is 2.20. The van der Waals surface area contributed by atoms with Crippen LogP contribution in [-0.2, 0) is 6.42 Å². The highest BCUT2D eigenvalue weighted by molar-refractivity contribution is 5.80. The molecule has 12 heavy (non-hydrogen) atoms. The molecule has 0 amide bonds. The van der Waals surface area contributed by atoms with Crippen molar-refractivity contribution in [2.75, 3.05) is 6.67 Å². The summed E-state index contributed by atoms with van der Waals surface area (Å²) in [5.41, 5.74) is 1.79. The minimum absolute atomic E-state index is 0.330. The first-order valence-corrected chi connectivity index (χ1v) is 3.93. The first-order valence-electron chi connectivity index (χ1n) is 3.93. The Morgan fingerprint density at radius 3 is 2.92 bits per heavy atom. The average Bonchev–Trinajstić information content (AvgIpc) is 2.50. The standard InChI is InChI=1S/C10H9FO/c11-6-5-8-7-12-10-4-2-1-3-9(8)10/h1-4,7H,5-6H2. The minimum atomic E-state index is -0.330. The van der Waals surface area contributed by atoms with E-state index < -0.39 is 0 Å². The highest BCUT2D eigenvalue weighted by atomic mass is 19.1. The summed E-state index contributed by atoms with van der Waals surface area (Å²) in [5.74, 6) is 0. The van der Waals surface area contributed by atoms with Gasteiger partial charge < -0.3 is 4.42 Å². The summed E-state index contributed by atoms with van der Waals surface area (Å²) in [6.07, 6.45) is 2.07. The first-order chi connectivity index (χ1) is 5.92. The molecule has 0 aliphatic heterocycles. The number of benzene rings is 1. The lowest BCUT2D eigenvalue weighted by molar-refractivity contribution is 0.493. The van der Waals surface area contributed by atoms with E-state index in [1.807, 2.05) is 24.3 Å². The van der Waals surface area contributed by atoms with Crippen LogP contribution < -0.4 is 0 Å². The van der Waals surface area contributed by atoms with Gasteiger partial charge >= 0.3 is 0 Å². The van der Waals surface area contributed by atoms with E-state index in [4.69, 9.17) is 4.42 Å². The molecule has 0 aliphatic carbocycles. The summed E-state index contributed by atoms with van der Waals surface area (Å²) < 4.78 is 17.3. The van der Waals surface area contributed by atoms with Gasteiger partial charge in [0.2, 0.25) is 0 Å². The van der Waals surface area contributed by atoms with Crippen LogP contribution in [-0.4, -0.2) is 6.67 Å². The Kier molecular flexibility index (Phi) is 1.82. The van der Waals surface area contributed by atoms with Gasteiger partial charge in [-0.1, -0.05) is 18.2 Å². The third-order valence-electron chi connectivity index (χ3n) is 1.92. The fraction of sp³-hybridized carbons (Fsp3) is 0.200. The Balaban J connectivity index is 2.55. The maximum atomic E-state index is 12.0. The zero-order valence-corrected chi connectivity index (χ0v) is 6.59. The second-order valence-corrected chi connectivity index (χ2v) is 2.70. The predicted octanol–water partition coefficient (Wildman–Crippen LogP) is 2.94. The van der Waals surface area contributed by atoms with E-state index in [1.165, 1.54) is 0 Å². The Morgan fingerprint density at radius 2 is 2.08 bits per heavy atom. The molecule has 62 valence electrons. The maximum absolute atomic E-state index is 12.0. The van der Waals surface area contributed by atoms with Crippen molar-refractivity contribution >= 4 is 11.0 Å². The van der Waals surface area contributed by atoms with E-state index in [2.05, 4.69) is 0 Å². The zero-order valence-electron chi connectivity index (χ0n) is 6.59. The summed E-state index contributed by atoms with van der Waals surface area (Å²) in [7, 11) is 0. The molecule has 0 saturated carbocycles. The average molecular weight is 164 g/mol. The molecule has 0 radical (unpaired) electrons. The van der Waals surface area contributed by atoms with Crippen molar-refractivity contribution in [3.63, 3.8) is 0 Å². The lowest BCUT2D eigenvalue weighted by Gasteiger charge is -1.90. The van der Waals surface area contributed by atoms with Crippen LogP contribution in [0, 0.1) is 0 Å². The molecule has 0 atom stereocenters. The monoisotopic (exact) mass is 164 g/mol. The number of para-hydroxylation sites is 1. The number of alkyl halides is 1. The smallest absolute Gasteiger partial charge is 0.134 e. The normalized spacial score (nSPS) is 10.8. The fourth-order valence-corrected chi connectivity index (χ4v) is 1.33. The summed E-state index contributed by atoms with van der Waals surface area (Å²) in [5, 5.41) is 1.02. The van der Waals surface area contributed by atoms with Crippen molar-refractivity contribution in [3.05, 3.63) is 36.1 Å². The van der Waals surface area contributed by atoms with Crippen LogP contribution in [0.4, 0.5) is 4.39 Å². The number of hydrogen-bond acceptors (Lipinski definition) is 1. The molecule has 1 heterocycles. The Morgan fingerprint density at radius 1 is 1.25 bits per heavy atom. The first kappa shape index (κ1) is 7.35. The number of halogens is 1. The Labute approximate surface area is 69.8 Å². The fourth-order valence-electron chi connectivity index (χ4n) is 1.33. The van der Waals surface area contributed by atoms with Crippen LogP contribution in [0.5, 0.6) is 0 Å². The van der Waals surface area contributed by atoms with Crippen molar-refractivity contribution in [2.45, 2.75) is 6.42 Å². The molecule has 0 unspecified atom stereocenters. The number of aryl methyl sites for hydroxylation is 1. The molecule has 2 rings (SSSR count). The van der Waals surface area contributed by atoms with E-state index in [0.29, 0.717) is 6.42 Å². The summed E-state index contributed by atoms with van der Waals surface area (Å²) >= 11 is 0. The van der Waals surface area contributed by atoms with Crippen LogP contribution >= 0.6 is 0 Å². The van der Waals surface area contributed by atoms with Gasteiger partial charge in [0.15, 0.2) is 0 Å². The molecule has 0 N–H and O–H groups in total. The SMILES string of the molecule is FCCc1coc2ccccc12. The molecule has 2 heteroatoms. The van der Waals surface area contributed by atoms with Gasteiger partial charge in [0.25, 0.3) is 0 Å². The Bertz CT molecular complexity index is 378. The number of rotatable bonds is 2.